The van der Waals surface area contributed by atoms with E-state index >= 15 is 0 Å². The van der Waals surface area contributed by atoms with E-state index in [1.165, 1.54) is 31.1 Å². The van der Waals surface area contributed by atoms with Gasteiger partial charge >= 0.3 is 0 Å². The molecule has 0 fully saturated rings. The minimum Gasteiger partial charge on any atom is -0.448 e. The van der Waals surface area contributed by atoms with Crippen LogP contribution in [-0.4, -0.2) is 36.4 Å². The van der Waals surface area contributed by atoms with E-state index in [9.17, 15) is 13.2 Å². The zero-order valence-corrected chi connectivity index (χ0v) is 15.6. The van der Waals surface area contributed by atoms with Crippen LogP contribution in [0.25, 0.3) is 22.1 Å². The van der Waals surface area contributed by atoms with Gasteiger partial charge in [-0.25, -0.2) is 17.7 Å². The second kappa shape index (κ2) is 6.33. The summed E-state index contributed by atoms with van der Waals surface area (Å²) in [7, 11) is -0.586. The van der Waals surface area contributed by atoms with Crippen molar-refractivity contribution in [3.63, 3.8) is 0 Å². The van der Waals surface area contributed by atoms with Crippen molar-refractivity contribution < 1.29 is 12.8 Å². The third-order valence-electron chi connectivity index (χ3n) is 4.38. The number of rotatable bonds is 4. The molecule has 0 atom stereocenters. The fourth-order valence-electron chi connectivity index (χ4n) is 2.94. The maximum absolute atomic E-state index is 12.8. The zero-order chi connectivity index (χ0) is 19.2. The molecule has 0 aliphatic carbocycles. The van der Waals surface area contributed by atoms with Crippen molar-refractivity contribution in [2.24, 2.45) is 0 Å². The molecule has 4 aromatic rings. The van der Waals surface area contributed by atoms with Crippen LogP contribution >= 0.6 is 0 Å². The van der Waals surface area contributed by atoms with Crippen LogP contribution in [0.4, 0.5) is 0 Å². The number of hydrogen-bond donors (Lipinski definition) is 0. The molecule has 0 N–H and O–H groups in total. The molecular formula is C19H17N3O4S. The molecule has 138 valence electrons. The summed E-state index contributed by atoms with van der Waals surface area (Å²) in [6.45, 7) is 0.190. The van der Waals surface area contributed by atoms with Crippen LogP contribution in [0.5, 0.6) is 0 Å². The largest absolute Gasteiger partial charge is 0.448 e. The number of sulfonamides is 1. The Balaban J connectivity index is 1.77. The standard InChI is InChI=1S/C19H17N3O4S/c1-21(2)27(24,25)14-7-5-6-13(10-14)11-22-12-20-17-15-8-3-4-9-16(15)26-18(17)19(22)23/h3-10,12H,11H2,1-2H3. The minimum atomic E-state index is -3.54. The van der Waals surface area contributed by atoms with Crippen LogP contribution in [0.2, 0.25) is 0 Å². The van der Waals surface area contributed by atoms with Crippen LogP contribution in [0, 0.1) is 0 Å². The number of nitrogens with zero attached hydrogens (tertiary/aromatic N) is 3. The lowest BCUT2D eigenvalue weighted by Crippen LogP contribution is -2.23. The Morgan fingerprint density at radius 1 is 1.11 bits per heavy atom. The third-order valence-corrected chi connectivity index (χ3v) is 6.19. The lowest BCUT2D eigenvalue weighted by Gasteiger charge is -2.12. The van der Waals surface area contributed by atoms with Crippen molar-refractivity contribution >= 4 is 32.1 Å². The van der Waals surface area contributed by atoms with Crippen LogP contribution in [0.1, 0.15) is 5.56 Å². The number of aromatic nitrogens is 2. The van der Waals surface area contributed by atoms with E-state index in [4.69, 9.17) is 4.42 Å². The molecule has 0 saturated heterocycles. The summed E-state index contributed by atoms with van der Waals surface area (Å²) in [5.41, 5.74) is 1.69. The number of benzene rings is 2. The van der Waals surface area contributed by atoms with Gasteiger partial charge in [-0.3, -0.25) is 9.36 Å². The van der Waals surface area contributed by atoms with E-state index < -0.39 is 10.0 Å². The molecule has 2 aromatic heterocycles. The van der Waals surface area contributed by atoms with Crippen molar-refractivity contribution in [3.05, 3.63) is 70.8 Å². The SMILES string of the molecule is CN(C)S(=O)(=O)c1cccc(Cn2cnc3c(oc4ccccc43)c2=O)c1. The number of hydrogen-bond acceptors (Lipinski definition) is 5. The Kier molecular flexibility index (Phi) is 4.09. The van der Waals surface area contributed by atoms with Gasteiger partial charge in [-0.2, -0.15) is 0 Å². The summed E-state index contributed by atoms with van der Waals surface area (Å²) in [6.07, 6.45) is 1.46. The predicted molar refractivity (Wildman–Crippen MR) is 102 cm³/mol. The second-order valence-electron chi connectivity index (χ2n) is 6.39. The first kappa shape index (κ1) is 17.4. The molecule has 4 rings (SSSR count). The van der Waals surface area contributed by atoms with Crippen molar-refractivity contribution in [1.29, 1.82) is 0 Å². The molecule has 7 nitrogen and oxygen atoms in total. The van der Waals surface area contributed by atoms with E-state index in [-0.39, 0.29) is 22.6 Å². The van der Waals surface area contributed by atoms with E-state index in [0.717, 1.165) is 9.69 Å². The highest BCUT2D eigenvalue weighted by Crippen LogP contribution is 2.24. The van der Waals surface area contributed by atoms with Gasteiger partial charge in [0.15, 0.2) is 0 Å². The topological polar surface area (TPSA) is 85.4 Å². The van der Waals surface area contributed by atoms with Gasteiger partial charge in [0.25, 0.3) is 5.56 Å². The van der Waals surface area contributed by atoms with Gasteiger partial charge in [0, 0.05) is 19.5 Å². The molecule has 0 radical (unpaired) electrons. The summed E-state index contributed by atoms with van der Waals surface area (Å²) >= 11 is 0. The Labute approximate surface area is 155 Å². The third kappa shape index (κ3) is 2.92. The molecular weight excluding hydrogens is 366 g/mol. The van der Waals surface area contributed by atoms with Gasteiger partial charge in [0.2, 0.25) is 15.6 Å². The number of furan rings is 1. The molecule has 27 heavy (non-hydrogen) atoms. The van der Waals surface area contributed by atoms with Crippen molar-refractivity contribution in [2.75, 3.05) is 14.1 Å². The normalized spacial score (nSPS) is 12.3. The van der Waals surface area contributed by atoms with Crippen molar-refractivity contribution in [1.82, 2.24) is 13.9 Å². The lowest BCUT2D eigenvalue weighted by molar-refractivity contribution is 0.520. The fraction of sp³-hybridized carbons (Fsp3) is 0.158. The summed E-state index contributed by atoms with van der Waals surface area (Å²) in [6, 6.07) is 13.9. The first-order valence-electron chi connectivity index (χ1n) is 8.26. The Morgan fingerprint density at radius 2 is 1.89 bits per heavy atom. The van der Waals surface area contributed by atoms with Gasteiger partial charge in [-0.05, 0) is 29.8 Å². The molecule has 2 aromatic carbocycles. The molecule has 0 saturated carbocycles. The van der Waals surface area contributed by atoms with Gasteiger partial charge < -0.3 is 4.42 Å². The zero-order valence-electron chi connectivity index (χ0n) is 14.8. The maximum Gasteiger partial charge on any atom is 0.297 e. The number of para-hydroxylation sites is 1. The van der Waals surface area contributed by atoms with Crippen LogP contribution in [0.15, 0.2) is 69.0 Å². The summed E-state index contributed by atoms with van der Waals surface area (Å²) < 4.78 is 32.9. The summed E-state index contributed by atoms with van der Waals surface area (Å²) in [5, 5.41) is 0.788. The van der Waals surface area contributed by atoms with Gasteiger partial charge in [-0.1, -0.05) is 24.3 Å². The Hall–Kier alpha value is -2.97. The van der Waals surface area contributed by atoms with Crippen LogP contribution < -0.4 is 5.56 Å². The van der Waals surface area contributed by atoms with Crippen molar-refractivity contribution in [2.45, 2.75) is 11.4 Å². The number of fused-ring (bicyclic) bond motifs is 3. The highest BCUT2D eigenvalue weighted by atomic mass is 32.2. The van der Waals surface area contributed by atoms with Gasteiger partial charge in [0.05, 0.1) is 17.8 Å². The second-order valence-corrected chi connectivity index (χ2v) is 8.54. The van der Waals surface area contributed by atoms with E-state index in [1.807, 2.05) is 18.2 Å². The highest BCUT2D eigenvalue weighted by Gasteiger charge is 2.18. The summed E-state index contributed by atoms with van der Waals surface area (Å²) in [4.78, 5) is 17.3. The van der Waals surface area contributed by atoms with E-state index in [2.05, 4.69) is 4.98 Å². The van der Waals surface area contributed by atoms with E-state index in [1.54, 1.807) is 24.3 Å². The van der Waals surface area contributed by atoms with E-state index in [0.29, 0.717) is 16.7 Å². The molecule has 0 unspecified atom stereocenters. The van der Waals surface area contributed by atoms with Gasteiger partial charge in [-0.15, -0.1) is 0 Å². The lowest BCUT2D eigenvalue weighted by atomic mass is 10.2. The van der Waals surface area contributed by atoms with Gasteiger partial charge in [0.1, 0.15) is 11.1 Å². The average Bonchev–Trinajstić information content (AvgIpc) is 3.04. The fourth-order valence-corrected chi connectivity index (χ4v) is 3.91. The Morgan fingerprint density at radius 3 is 2.67 bits per heavy atom. The maximum atomic E-state index is 12.8. The molecule has 2 heterocycles. The molecule has 0 aliphatic rings. The molecule has 0 amide bonds. The summed E-state index contributed by atoms with van der Waals surface area (Å²) in [5.74, 6) is 0. The Bertz CT molecular complexity index is 1320. The molecule has 0 aliphatic heterocycles. The molecule has 8 heteroatoms. The monoisotopic (exact) mass is 383 g/mol. The molecule has 0 bridgehead atoms. The average molecular weight is 383 g/mol. The first-order valence-corrected chi connectivity index (χ1v) is 9.70. The smallest absolute Gasteiger partial charge is 0.297 e. The highest BCUT2D eigenvalue weighted by molar-refractivity contribution is 7.89. The minimum absolute atomic E-state index is 0.177. The quantitative estimate of drug-likeness (QED) is 0.540. The van der Waals surface area contributed by atoms with Crippen LogP contribution in [-0.2, 0) is 16.6 Å². The first-order chi connectivity index (χ1) is 12.9. The van der Waals surface area contributed by atoms with Crippen molar-refractivity contribution in [3.8, 4) is 0 Å². The predicted octanol–water partition coefficient (Wildman–Crippen LogP) is 2.44. The molecule has 0 spiro atoms. The van der Waals surface area contributed by atoms with Crippen LogP contribution in [0.3, 0.4) is 0 Å².